The molecule has 100 valence electrons. The Morgan fingerprint density at radius 3 is 2.53 bits per heavy atom. The van der Waals surface area contributed by atoms with Crippen molar-refractivity contribution in [3.8, 4) is 6.07 Å². The molecule has 19 heavy (non-hydrogen) atoms. The van der Waals surface area contributed by atoms with Crippen molar-refractivity contribution in [1.29, 1.82) is 5.26 Å². The second-order valence-corrected chi connectivity index (χ2v) is 4.94. The van der Waals surface area contributed by atoms with E-state index >= 15 is 0 Å². The Morgan fingerprint density at radius 2 is 1.89 bits per heavy atom. The van der Waals surface area contributed by atoms with Crippen LogP contribution in [-0.2, 0) is 9.47 Å². The summed E-state index contributed by atoms with van der Waals surface area (Å²) < 4.78 is 11.4. The summed E-state index contributed by atoms with van der Waals surface area (Å²) in [7, 11) is 0. The van der Waals surface area contributed by atoms with Crippen LogP contribution in [0, 0.1) is 11.3 Å². The van der Waals surface area contributed by atoms with Gasteiger partial charge >= 0.3 is 0 Å². The SMILES string of the molecule is N#Cc1cccc(N2CCC3(CC2)OCCO3)c1N. The van der Waals surface area contributed by atoms with E-state index in [9.17, 15) is 0 Å². The fourth-order valence-corrected chi connectivity index (χ4v) is 2.80. The molecule has 2 saturated heterocycles. The van der Waals surface area contributed by atoms with Gasteiger partial charge in [-0.2, -0.15) is 5.26 Å². The number of nitriles is 1. The number of nitrogens with zero attached hydrogens (tertiary/aromatic N) is 2. The zero-order valence-corrected chi connectivity index (χ0v) is 10.8. The van der Waals surface area contributed by atoms with Crippen molar-refractivity contribution in [2.75, 3.05) is 36.9 Å². The molecule has 1 aromatic carbocycles. The number of nitrogen functional groups attached to an aromatic ring is 1. The monoisotopic (exact) mass is 259 g/mol. The van der Waals surface area contributed by atoms with Crippen molar-refractivity contribution < 1.29 is 9.47 Å². The number of benzene rings is 1. The molecule has 0 atom stereocenters. The summed E-state index contributed by atoms with van der Waals surface area (Å²) in [6.07, 6.45) is 1.67. The quantitative estimate of drug-likeness (QED) is 0.773. The van der Waals surface area contributed by atoms with Crippen LogP contribution in [0.1, 0.15) is 18.4 Å². The molecule has 1 aromatic rings. The largest absolute Gasteiger partial charge is 0.396 e. The van der Waals surface area contributed by atoms with Gasteiger partial charge in [0.05, 0.1) is 30.2 Å². The number of nitrogens with two attached hydrogens (primary N) is 1. The highest BCUT2D eigenvalue weighted by Crippen LogP contribution is 2.35. The number of anilines is 2. The molecule has 0 aliphatic carbocycles. The molecule has 0 bridgehead atoms. The molecule has 0 radical (unpaired) electrons. The molecule has 0 unspecified atom stereocenters. The van der Waals surface area contributed by atoms with Crippen LogP contribution >= 0.6 is 0 Å². The maximum Gasteiger partial charge on any atom is 0.171 e. The van der Waals surface area contributed by atoms with Gasteiger partial charge in [0.2, 0.25) is 0 Å². The van der Waals surface area contributed by atoms with Gasteiger partial charge in [-0.25, -0.2) is 0 Å². The summed E-state index contributed by atoms with van der Waals surface area (Å²) in [5, 5.41) is 9.02. The zero-order valence-electron chi connectivity index (χ0n) is 10.8. The third kappa shape index (κ3) is 2.14. The Balaban J connectivity index is 1.77. The second kappa shape index (κ2) is 4.72. The van der Waals surface area contributed by atoms with Crippen LogP contribution in [0.4, 0.5) is 11.4 Å². The number of rotatable bonds is 1. The van der Waals surface area contributed by atoms with Crippen LogP contribution in [-0.4, -0.2) is 32.1 Å². The minimum absolute atomic E-state index is 0.377. The predicted octanol–water partition coefficient (Wildman–Crippen LogP) is 1.48. The van der Waals surface area contributed by atoms with E-state index in [1.807, 2.05) is 12.1 Å². The molecule has 2 aliphatic heterocycles. The summed E-state index contributed by atoms with van der Waals surface area (Å²) in [5.41, 5.74) is 8.08. The summed E-state index contributed by atoms with van der Waals surface area (Å²) in [4.78, 5) is 2.20. The highest BCUT2D eigenvalue weighted by Gasteiger charge is 2.40. The average Bonchev–Trinajstić information content (AvgIpc) is 2.89. The van der Waals surface area contributed by atoms with Crippen LogP contribution in [0.25, 0.3) is 0 Å². The van der Waals surface area contributed by atoms with Gasteiger partial charge in [0, 0.05) is 25.9 Å². The molecule has 2 N–H and O–H groups in total. The van der Waals surface area contributed by atoms with Crippen LogP contribution in [0.2, 0.25) is 0 Å². The summed E-state index contributed by atoms with van der Waals surface area (Å²) in [6, 6.07) is 7.70. The van der Waals surface area contributed by atoms with E-state index in [-0.39, 0.29) is 5.79 Å². The average molecular weight is 259 g/mol. The van der Waals surface area contributed by atoms with Gasteiger partial charge in [-0.05, 0) is 12.1 Å². The van der Waals surface area contributed by atoms with Gasteiger partial charge in [-0.3, -0.25) is 0 Å². The first-order valence-corrected chi connectivity index (χ1v) is 6.56. The second-order valence-electron chi connectivity index (χ2n) is 4.94. The summed E-state index contributed by atoms with van der Waals surface area (Å²) in [5.74, 6) is -0.377. The number of para-hydroxylation sites is 1. The van der Waals surface area contributed by atoms with Crippen molar-refractivity contribution in [3.63, 3.8) is 0 Å². The first kappa shape index (κ1) is 12.3. The van der Waals surface area contributed by atoms with Gasteiger partial charge in [0.25, 0.3) is 0 Å². The highest BCUT2D eigenvalue weighted by molar-refractivity contribution is 5.74. The predicted molar refractivity (Wildman–Crippen MR) is 71.7 cm³/mol. The minimum Gasteiger partial charge on any atom is -0.396 e. The topological polar surface area (TPSA) is 71.5 Å². The maximum atomic E-state index is 9.02. The number of piperidine rings is 1. The number of ether oxygens (including phenoxy) is 2. The first-order valence-electron chi connectivity index (χ1n) is 6.56. The van der Waals surface area contributed by atoms with Gasteiger partial charge in [0.15, 0.2) is 5.79 Å². The fraction of sp³-hybridized carbons (Fsp3) is 0.500. The lowest BCUT2D eigenvalue weighted by molar-refractivity contribution is -0.169. The Labute approximate surface area is 112 Å². The molecule has 5 heteroatoms. The van der Waals surface area contributed by atoms with E-state index in [2.05, 4.69) is 11.0 Å². The zero-order chi connectivity index (χ0) is 13.3. The molecule has 0 saturated carbocycles. The highest BCUT2D eigenvalue weighted by atomic mass is 16.7. The molecular formula is C14H17N3O2. The first-order chi connectivity index (χ1) is 9.24. The third-order valence-corrected chi connectivity index (χ3v) is 3.88. The van der Waals surface area contributed by atoms with Crippen molar-refractivity contribution in [2.24, 2.45) is 0 Å². The lowest BCUT2D eigenvalue weighted by Crippen LogP contribution is -2.45. The van der Waals surface area contributed by atoms with Crippen molar-refractivity contribution in [1.82, 2.24) is 0 Å². The molecule has 2 fully saturated rings. The molecule has 3 rings (SSSR count). The number of hydrogen-bond donors (Lipinski definition) is 1. The van der Waals surface area contributed by atoms with Crippen molar-refractivity contribution in [2.45, 2.75) is 18.6 Å². The van der Waals surface area contributed by atoms with E-state index in [4.69, 9.17) is 20.5 Å². The van der Waals surface area contributed by atoms with Gasteiger partial charge in [0.1, 0.15) is 6.07 Å². The van der Waals surface area contributed by atoms with Gasteiger partial charge < -0.3 is 20.1 Å². The van der Waals surface area contributed by atoms with E-state index < -0.39 is 0 Å². The smallest absolute Gasteiger partial charge is 0.171 e. The van der Waals surface area contributed by atoms with E-state index in [1.165, 1.54) is 0 Å². The molecule has 2 heterocycles. The number of hydrogen-bond acceptors (Lipinski definition) is 5. The van der Waals surface area contributed by atoms with Gasteiger partial charge in [-0.1, -0.05) is 6.07 Å². The molecule has 5 nitrogen and oxygen atoms in total. The van der Waals surface area contributed by atoms with E-state index in [1.54, 1.807) is 6.07 Å². The lowest BCUT2D eigenvalue weighted by atomic mass is 10.0. The standard InChI is InChI=1S/C14H17N3O2/c15-10-11-2-1-3-12(13(11)16)17-6-4-14(5-7-17)18-8-9-19-14/h1-3H,4-9,16H2. The molecule has 0 aromatic heterocycles. The van der Waals surface area contributed by atoms with E-state index in [0.29, 0.717) is 24.5 Å². The molecule has 1 spiro atoms. The third-order valence-electron chi connectivity index (χ3n) is 3.88. The Bertz CT molecular complexity index is 508. The van der Waals surface area contributed by atoms with Crippen LogP contribution < -0.4 is 10.6 Å². The van der Waals surface area contributed by atoms with E-state index in [0.717, 1.165) is 31.6 Å². The minimum atomic E-state index is -0.377. The normalized spacial score (nSPS) is 21.5. The molecular weight excluding hydrogens is 242 g/mol. The van der Waals surface area contributed by atoms with Crippen LogP contribution in [0.3, 0.4) is 0 Å². The Morgan fingerprint density at radius 1 is 1.21 bits per heavy atom. The van der Waals surface area contributed by atoms with Gasteiger partial charge in [-0.15, -0.1) is 0 Å². The summed E-state index contributed by atoms with van der Waals surface area (Å²) >= 11 is 0. The lowest BCUT2D eigenvalue weighted by Gasteiger charge is -2.39. The van der Waals surface area contributed by atoms with Crippen LogP contribution in [0.5, 0.6) is 0 Å². The summed E-state index contributed by atoms with van der Waals surface area (Å²) in [6.45, 7) is 3.04. The van der Waals surface area contributed by atoms with Crippen molar-refractivity contribution in [3.05, 3.63) is 23.8 Å². The van der Waals surface area contributed by atoms with Crippen molar-refractivity contribution >= 4 is 11.4 Å². The molecule has 2 aliphatic rings. The fourth-order valence-electron chi connectivity index (χ4n) is 2.80. The Kier molecular flexibility index (Phi) is 3.05. The molecule has 0 amide bonds. The maximum absolute atomic E-state index is 9.02. The Hall–Kier alpha value is -1.77. The van der Waals surface area contributed by atoms with Crippen LogP contribution in [0.15, 0.2) is 18.2 Å².